The van der Waals surface area contributed by atoms with Crippen LogP contribution in [0.5, 0.6) is 0 Å². The first-order valence-corrected chi connectivity index (χ1v) is 11.4. The second-order valence-electron chi connectivity index (χ2n) is 8.57. The number of para-hydroxylation sites is 4. The monoisotopic (exact) mass is 440 g/mol. The molecule has 0 fully saturated rings. The molecule has 0 spiro atoms. The Balaban J connectivity index is 1.66. The molecule has 34 heavy (non-hydrogen) atoms. The summed E-state index contributed by atoms with van der Waals surface area (Å²) in [5, 5.41) is 0. The summed E-state index contributed by atoms with van der Waals surface area (Å²) in [5.41, 5.74) is 7.44. The predicted molar refractivity (Wildman–Crippen MR) is 140 cm³/mol. The van der Waals surface area contributed by atoms with Crippen molar-refractivity contribution in [1.82, 2.24) is 0 Å². The van der Waals surface area contributed by atoms with Gasteiger partial charge >= 0.3 is 0 Å². The summed E-state index contributed by atoms with van der Waals surface area (Å²) < 4.78 is 33.7. The van der Waals surface area contributed by atoms with E-state index in [1.54, 1.807) is 0 Å². The topological polar surface area (TPSA) is 6.48 Å². The van der Waals surface area contributed by atoms with E-state index in [0.29, 0.717) is 11.4 Å². The van der Waals surface area contributed by atoms with E-state index in [9.17, 15) is 0 Å². The highest BCUT2D eigenvalue weighted by Crippen LogP contribution is 2.43. The van der Waals surface area contributed by atoms with Gasteiger partial charge in [-0.1, -0.05) is 72.8 Å². The molecule has 0 bridgehead atoms. The molecule has 2 aliphatic heterocycles. The fourth-order valence-corrected chi connectivity index (χ4v) is 5.39. The van der Waals surface area contributed by atoms with Crippen LogP contribution >= 0.6 is 0 Å². The zero-order valence-electron chi connectivity index (χ0n) is 20.2. The first kappa shape index (κ1) is 17.2. The lowest BCUT2D eigenvalue weighted by Crippen LogP contribution is -2.61. The molecule has 7 rings (SSSR count). The molecule has 0 atom stereocenters. The number of benzene rings is 5. The van der Waals surface area contributed by atoms with E-state index in [1.807, 2.05) is 107 Å². The van der Waals surface area contributed by atoms with Crippen LogP contribution in [0, 0.1) is 5.82 Å². The van der Waals surface area contributed by atoms with Gasteiger partial charge in [0, 0.05) is 34.1 Å². The molecule has 0 saturated carbocycles. The Labute approximate surface area is 201 Å². The van der Waals surface area contributed by atoms with E-state index in [0.717, 1.165) is 39.1 Å². The van der Waals surface area contributed by atoms with E-state index in [2.05, 4.69) is 12.1 Å². The Bertz CT molecular complexity index is 1520. The van der Waals surface area contributed by atoms with Crippen molar-refractivity contribution in [2.75, 3.05) is 9.80 Å². The van der Waals surface area contributed by atoms with Gasteiger partial charge < -0.3 is 9.80 Å². The summed E-state index contributed by atoms with van der Waals surface area (Å²) in [6, 6.07) is 35.3. The molecule has 0 unspecified atom stereocenters. The van der Waals surface area contributed by atoms with Gasteiger partial charge in [-0.15, -0.1) is 0 Å². The zero-order valence-corrected chi connectivity index (χ0v) is 18.2. The van der Waals surface area contributed by atoms with Gasteiger partial charge in [-0.25, -0.2) is 4.39 Å². The number of nitrogens with zero attached hydrogens (tertiary/aromatic N) is 2. The van der Waals surface area contributed by atoms with E-state index in [1.165, 1.54) is 0 Å². The number of halogens is 1. The highest BCUT2D eigenvalue weighted by Gasteiger charge is 2.43. The first-order valence-electron chi connectivity index (χ1n) is 12.4. The van der Waals surface area contributed by atoms with Gasteiger partial charge in [0.05, 0.1) is 2.74 Å². The van der Waals surface area contributed by atoms with E-state index in [4.69, 9.17) is 2.74 Å². The Kier molecular flexibility index (Phi) is 3.72. The Morgan fingerprint density at radius 1 is 0.529 bits per heavy atom. The van der Waals surface area contributed by atoms with Crippen molar-refractivity contribution < 1.29 is 7.13 Å². The van der Waals surface area contributed by atoms with Gasteiger partial charge in [0.25, 0.3) is 6.71 Å². The van der Waals surface area contributed by atoms with Crippen LogP contribution < -0.4 is 26.2 Å². The van der Waals surface area contributed by atoms with Crippen LogP contribution in [0.2, 0.25) is 0 Å². The fraction of sp³-hybridized carbons (Fsp3) is 0. The maximum Gasteiger partial charge on any atom is 0.252 e. The average Bonchev–Trinajstić information content (AvgIpc) is 2.94. The molecule has 0 amide bonds. The molecule has 0 N–H and O–H groups in total. The fourth-order valence-electron chi connectivity index (χ4n) is 5.39. The molecule has 0 aliphatic carbocycles. The van der Waals surface area contributed by atoms with Crippen LogP contribution in [0.3, 0.4) is 0 Å². The van der Waals surface area contributed by atoms with Crippen molar-refractivity contribution in [2.45, 2.75) is 0 Å². The van der Waals surface area contributed by atoms with E-state index in [-0.39, 0.29) is 18.8 Å². The van der Waals surface area contributed by atoms with Crippen molar-refractivity contribution in [2.24, 2.45) is 0 Å². The third-order valence-corrected chi connectivity index (χ3v) is 6.71. The van der Waals surface area contributed by atoms with Crippen molar-refractivity contribution >= 4 is 57.2 Å². The molecular weight excluding hydrogens is 418 g/mol. The first-order chi connectivity index (χ1) is 17.7. The number of anilines is 6. The lowest BCUT2D eigenvalue weighted by Gasteiger charge is -2.44. The normalized spacial score (nSPS) is 14.1. The summed E-state index contributed by atoms with van der Waals surface area (Å²) in [6.45, 7) is -0.226. The SMILES string of the molecule is [2H]c1c(F)c([2H])c2c3c1N(c1ccccc1)c1ccccc1B3c1ccccc1N2c1ccccc1. The molecular formula is C30H20BFN2. The summed E-state index contributed by atoms with van der Waals surface area (Å²) in [7, 11) is 0. The summed E-state index contributed by atoms with van der Waals surface area (Å²) in [5.74, 6) is -0.817. The van der Waals surface area contributed by atoms with Crippen molar-refractivity contribution in [1.29, 1.82) is 0 Å². The van der Waals surface area contributed by atoms with Crippen LogP contribution in [0.25, 0.3) is 0 Å². The van der Waals surface area contributed by atoms with Crippen LogP contribution in [-0.4, -0.2) is 6.71 Å². The molecule has 0 aromatic heterocycles. The van der Waals surface area contributed by atoms with Gasteiger partial charge in [-0.2, -0.15) is 0 Å². The Morgan fingerprint density at radius 3 is 1.41 bits per heavy atom. The zero-order chi connectivity index (χ0) is 24.4. The maximum atomic E-state index is 15.8. The van der Waals surface area contributed by atoms with Gasteiger partial charge in [0.2, 0.25) is 0 Å². The molecule has 4 heteroatoms. The second-order valence-corrected chi connectivity index (χ2v) is 8.57. The van der Waals surface area contributed by atoms with Gasteiger partial charge in [-0.3, -0.25) is 0 Å². The van der Waals surface area contributed by atoms with Crippen molar-refractivity contribution in [3.8, 4) is 0 Å². The van der Waals surface area contributed by atoms with Gasteiger partial charge in [0.15, 0.2) is 0 Å². The van der Waals surface area contributed by atoms with Crippen LogP contribution in [-0.2, 0) is 0 Å². The van der Waals surface area contributed by atoms with E-state index < -0.39 is 5.82 Å². The second kappa shape index (κ2) is 7.36. The van der Waals surface area contributed by atoms with Crippen LogP contribution in [0.1, 0.15) is 2.74 Å². The molecule has 5 aromatic rings. The quantitative estimate of drug-likeness (QED) is 0.309. The highest BCUT2D eigenvalue weighted by atomic mass is 19.1. The third kappa shape index (κ3) is 2.69. The molecule has 2 aliphatic rings. The summed E-state index contributed by atoms with van der Waals surface area (Å²) in [4.78, 5) is 3.96. The Hall–Kier alpha value is -4.31. The minimum Gasteiger partial charge on any atom is -0.311 e. The van der Waals surface area contributed by atoms with Gasteiger partial charge in [-0.05, 0) is 64.9 Å². The highest BCUT2D eigenvalue weighted by molar-refractivity contribution is 7.00. The number of fused-ring (bicyclic) bond motifs is 4. The summed E-state index contributed by atoms with van der Waals surface area (Å²) >= 11 is 0. The lowest BCUT2D eigenvalue weighted by atomic mass is 9.33. The van der Waals surface area contributed by atoms with E-state index >= 15 is 4.39 Å². The van der Waals surface area contributed by atoms with Crippen molar-refractivity contribution in [3.63, 3.8) is 0 Å². The minimum atomic E-state index is -0.817. The van der Waals surface area contributed by atoms with Gasteiger partial charge in [0.1, 0.15) is 5.82 Å². The van der Waals surface area contributed by atoms with Crippen LogP contribution in [0.15, 0.2) is 121 Å². The van der Waals surface area contributed by atoms with Crippen molar-refractivity contribution in [3.05, 3.63) is 127 Å². The molecule has 0 saturated heterocycles. The largest absolute Gasteiger partial charge is 0.311 e. The Morgan fingerprint density at radius 2 is 0.941 bits per heavy atom. The molecule has 2 heterocycles. The number of rotatable bonds is 2. The predicted octanol–water partition coefficient (Wildman–Crippen LogP) is 5.91. The average molecular weight is 440 g/mol. The molecule has 2 nitrogen and oxygen atoms in total. The number of hydrogen-bond donors (Lipinski definition) is 0. The van der Waals surface area contributed by atoms with Crippen LogP contribution in [0.4, 0.5) is 38.5 Å². The number of hydrogen-bond acceptors (Lipinski definition) is 2. The minimum absolute atomic E-state index is 0.226. The lowest BCUT2D eigenvalue weighted by molar-refractivity contribution is 0.628. The maximum absolute atomic E-state index is 15.8. The molecule has 160 valence electrons. The molecule has 5 aromatic carbocycles. The third-order valence-electron chi connectivity index (χ3n) is 6.71. The summed E-state index contributed by atoms with van der Waals surface area (Å²) in [6.07, 6.45) is 0. The standard InChI is InChI=1S/C30H20BFN2/c32-21-19-28-30-29(20-21)34(23-13-5-2-6-14-23)27-18-10-8-16-25(27)31(30)24-15-7-9-17-26(24)33(28)22-11-3-1-4-12-22/h1-20H/i19D,20D. The smallest absolute Gasteiger partial charge is 0.252 e. The molecule has 0 radical (unpaired) electrons.